The third kappa shape index (κ3) is 3.85. The van der Waals surface area contributed by atoms with Crippen LogP contribution in [0.5, 0.6) is 0 Å². The van der Waals surface area contributed by atoms with Crippen molar-refractivity contribution < 1.29 is 9.63 Å². The molecule has 128 valence electrons. The number of hydrogen-bond donors (Lipinski definition) is 1. The number of rotatable bonds is 4. The summed E-state index contributed by atoms with van der Waals surface area (Å²) in [5.74, 6) is 2.21. The number of nitrogens with zero attached hydrogens (tertiary/aromatic N) is 1. The summed E-state index contributed by atoms with van der Waals surface area (Å²) in [5.41, 5.74) is 3.87. The Balaban J connectivity index is 1.39. The number of nitrogens with one attached hydrogen (secondary N) is 1. The summed E-state index contributed by atoms with van der Waals surface area (Å²) in [6, 6.07) is 17.9. The molecule has 0 spiro atoms. The third-order valence-corrected chi connectivity index (χ3v) is 7.22. The van der Waals surface area contributed by atoms with E-state index in [0.717, 1.165) is 17.0 Å². The van der Waals surface area contributed by atoms with E-state index in [-0.39, 0.29) is 5.91 Å². The Kier molecular flexibility index (Phi) is 4.99. The van der Waals surface area contributed by atoms with Crippen LogP contribution in [0.1, 0.15) is 22.1 Å². The summed E-state index contributed by atoms with van der Waals surface area (Å²) >= 11 is 3.91. The molecule has 6 heteroatoms. The highest BCUT2D eigenvalue weighted by Crippen LogP contribution is 2.45. The first-order valence-corrected chi connectivity index (χ1v) is 10.3. The summed E-state index contributed by atoms with van der Waals surface area (Å²) < 4.78 is 0.465. The third-order valence-electron chi connectivity index (χ3n) is 4.12. The first-order chi connectivity index (χ1) is 12.3. The minimum absolute atomic E-state index is 0.154. The van der Waals surface area contributed by atoms with E-state index in [1.165, 1.54) is 17.1 Å². The zero-order valence-electron chi connectivity index (χ0n) is 13.6. The van der Waals surface area contributed by atoms with E-state index in [4.69, 9.17) is 4.84 Å². The first-order valence-electron chi connectivity index (χ1n) is 8.22. The minimum Gasteiger partial charge on any atom is -0.382 e. The van der Waals surface area contributed by atoms with Gasteiger partial charge in [0.2, 0.25) is 6.10 Å². The number of carbonyl (C=O) groups excluding carboxylic acids is 1. The summed E-state index contributed by atoms with van der Waals surface area (Å²) in [4.78, 5) is 17.9. The average molecular weight is 370 g/mol. The zero-order chi connectivity index (χ0) is 17.1. The fraction of sp³-hybridized carbons (Fsp3) is 0.263. The molecule has 2 aliphatic heterocycles. The average Bonchev–Trinajstić information content (AvgIpc) is 3.35. The second-order valence-corrected chi connectivity index (χ2v) is 8.61. The second-order valence-electron chi connectivity index (χ2n) is 5.89. The van der Waals surface area contributed by atoms with Gasteiger partial charge in [0.1, 0.15) is 0 Å². The van der Waals surface area contributed by atoms with Crippen molar-refractivity contribution in [1.82, 2.24) is 0 Å². The van der Waals surface area contributed by atoms with Crippen LogP contribution in [-0.2, 0) is 9.63 Å². The van der Waals surface area contributed by atoms with Crippen LogP contribution < -0.4 is 5.32 Å². The molecule has 1 saturated heterocycles. The van der Waals surface area contributed by atoms with Gasteiger partial charge in [-0.25, -0.2) is 0 Å². The normalized spacial score (nSPS) is 20.2. The summed E-state index contributed by atoms with van der Waals surface area (Å²) in [5, 5.41) is 7.04. The van der Waals surface area contributed by atoms with Crippen LogP contribution in [0.4, 0.5) is 5.69 Å². The minimum atomic E-state index is -0.575. The Bertz CT molecular complexity index is 789. The molecule has 25 heavy (non-hydrogen) atoms. The lowest BCUT2D eigenvalue weighted by molar-refractivity contribution is -0.125. The molecule has 1 amide bonds. The van der Waals surface area contributed by atoms with Crippen LogP contribution >= 0.6 is 23.5 Å². The second kappa shape index (κ2) is 7.54. The smallest absolute Gasteiger partial charge is 0.268 e. The molecule has 1 fully saturated rings. The predicted octanol–water partition coefficient (Wildman–Crippen LogP) is 4.30. The maximum atomic E-state index is 12.5. The van der Waals surface area contributed by atoms with Gasteiger partial charge in [0.15, 0.2) is 0 Å². The van der Waals surface area contributed by atoms with E-state index in [1.54, 1.807) is 0 Å². The molecule has 2 aromatic rings. The first kappa shape index (κ1) is 16.5. The standard InChI is InChI=1S/C19H18N2O2S2/c22-18(17-12-16(21-23-17)13-5-2-1-3-6-13)20-15-8-4-7-14(11-15)19-24-9-10-25-19/h1-8,11,17,19H,9-10,12H2,(H,20,22)/t17-/m0/s1. The van der Waals surface area contributed by atoms with Gasteiger partial charge in [-0.05, 0) is 23.3 Å². The highest BCUT2D eigenvalue weighted by Gasteiger charge is 2.29. The van der Waals surface area contributed by atoms with Gasteiger partial charge in [-0.15, -0.1) is 23.5 Å². The van der Waals surface area contributed by atoms with Gasteiger partial charge in [-0.2, -0.15) is 0 Å². The number of anilines is 1. The molecule has 0 aliphatic carbocycles. The number of oxime groups is 1. The molecule has 1 N–H and O–H groups in total. The molecule has 2 aromatic carbocycles. The molecule has 0 bridgehead atoms. The lowest BCUT2D eigenvalue weighted by Gasteiger charge is -2.13. The van der Waals surface area contributed by atoms with E-state index in [2.05, 4.69) is 22.6 Å². The topological polar surface area (TPSA) is 50.7 Å². The molecule has 1 atom stereocenters. The van der Waals surface area contributed by atoms with Crippen molar-refractivity contribution in [3.8, 4) is 0 Å². The molecule has 0 aromatic heterocycles. The molecule has 0 unspecified atom stereocenters. The molecule has 0 radical (unpaired) electrons. The maximum absolute atomic E-state index is 12.5. The fourth-order valence-corrected chi connectivity index (χ4v) is 5.69. The monoisotopic (exact) mass is 370 g/mol. The summed E-state index contributed by atoms with van der Waals surface area (Å²) in [6.45, 7) is 0. The molecule has 2 aliphatic rings. The Hall–Kier alpha value is -1.92. The van der Waals surface area contributed by atoms with Gasteiger partial charge in [0, 0.05) is 23.6 Å². The van der Waals surface area contributed by atoms with Crippen molar-refractivity contribution in [3.63, 3.8) is 0 Å². The van der Waals surface area contributed by atoms with E-state index in [9.17, 15) is 4.79 Å². The van der Waals surface area contributed by atoms with Crippen LogP contribution in [0.15, 0.2) is 59.8 Å². The number of benzene rings is 2. The largest absolute Gasteiger partial charge is 0.382 e. The molecular formula is C19H18N2O2S2. The van der Waals surface area contributed by atoms with Gasteiger partial charge in [0.05, 0.1) is 10.3 Å². The van der Waals surface area contributed by atoms with Crippen molar-refractivity contribution >= 4 is 40.8 Å². The van der Waals surface area contributed by atoms with Crippen molar-refractivity contribution in [1.29, 1.82) is 0 Å². The number of amides is 1. The fourth-order valence-electron chi connectivity index (χ4n) is 2.86. The maximum Gasteiger partial charge on any atom is 0.268 e. The molecule has 2 heterocycles. The predicted molar refractivity (Wildman–Crippen MR) is 105 cm³/mol. The van der Waals surface area contributed by atoms with E-state index >= 15 is 0 Å². The number of hydrogen-bond acceptors (Lipinski definition) is 5. The molecular weight excluding hydrogens is 352 g/mol. The quantitative estimate of drug-likeness (QED) is 0.872. The number of carbonyl (C=O) groups is 1. The van der Waals surface area contributed by atoms with Gasteiger partial charge in [-0.1, -0.05) is 47.6 Å². The van der Waals surface area contributed by atoms with Gasteiger partial charge < -0.3 is 10.2 Å². The Morgan fingerprint density at radius 2 is 1.88 bits per heavy atom. The van der Waals surface area contributed by atoms with Crippen LogP contribution in [0.25, 0.3) is 0 Å². The highest BCUT2D eigenvalue weighted by atomic mass is 32.2. The van der Waals surface area contributed by atoms with Gasteiger partial charge in [-0.3, -0.25) is 4.79 Å². The molecule has 0 saturated carbocycles. The molecule has 4 rings (SSSR count). The SMILES string of the molecule is O=C(Nc1cccc(C2SCCS2)c1)[C@@H]1CC(c2ccccc2)=NO1. The number of thioether (sulfide) groups is 2. The Labute approximate surface area is 155 Å². The van der Waals surface area contributed by atoms with E-state index < -0.39 is 6.10 Å². The summed E-state index contributed by atoms with van der Waals surface area (Å²) in [7, 11) is 0. The van der Waals surface area contributed by atoms with Crippen molar-refractivity contribution in [2.75, 3.05) is 16.8 Å². The highest BCUT2D eigenvalue weighted by molar-refractivity contribution is 8.19. The van der Waals surface area contributed by atoms with Crippen molar-refractivity contribution in [3.05, 3.63) is 65.7 Å². The van der Waals surface area contributed by atoms with Crippen molar-refractivity contribution in [2.24, 2.45) is 5.16 Å². The lowest BCUT2D eigenvalue weighted by atomic mass is 10.0. The molecule has 4 nitrogen and oxygen atoms in total. The van der Waals surface area contributed by atoms with Crippen LogP contribution in [0, 0.1) is 0 Å². The van der Waals surface area contributed by atoms with Gasteiger partial charge in [0.25, 0.3) is 5.91 Å². The van der Waals surface area contributed by atoms with Crippen LogP contribution in [0.2, 0.25) is 0 Å². The van der Waals surface area contributed by atoms with Gasteiger partial charge >= 0.3 is 0 Å². The van der Waals surface area contributed by atoms with E-state index in [1.807, 2.05) is 66.0 Å². The lowest BCUT2D eigenvalue weighted by Crippen LogP contribution is -2.28. The Morgan fingerprint density at radius 1 is 1.08 bits per heavy atom. The summed E-state index contributed by atoms with van der Waals surface area (Å²) in [6.07, 6.45) is -0.0850. The van der Waals surface area contributed by atoms with Crippen LogP contribution in [0.3, 0.4) is 0 Å². The van der Waals surface area contributed by atoms with E-state index in [0.29, 0.717) is 11.0 Å². The van der Waals surface area contributed by atoms with Crippen LogP contribution in [-0.4, -0.2) is 29.2 Å². The Morgan fingerprint density at radius 3 is 2.68 bits per heavy atom. The van der Waals surface area contributed by atoms with Crippen molar-refractivity contribution in [2.45, 2.75) is 17.1 Å². The zero-order valence-corrected chi connectivity index (χ0v) is 15.2.